The predicted molar refractivity (Wildman–Crippen MR) is 129 cm³/mol. The molecular weight excluding hydrogens is 416 g/mol. The van der Waals surface area contributed by atoms with Crippen LogP contribution >= 0.6 is 24.0 Å². The number of aromatic nitrogens is 2. The van der Waals surface area contributed by atoms with Crippen molar-refractivity contribution in [1.82, 2.24) is 14.3 Å². The molecule has 8 heteroatoms. The Morgan fingerprint density at radius 3 is 2.67 bits per heavy atom. The van der Waals surface area contributed by atoms with Gasteiger partial charge in [0.15, 0.2) is 0 Å². The fourth-order valence-electron chi connectivity index (χ4n) is 3.25. The molecule has 0 spiro atoms. The number of fused-ring (bicyclic) bond motifs is 1. The highest BCUT2D eigenvalue weighted by Gasteiger charge is 2.32. The summed E-state index contributed by atoms with van der Waals surface area (Å²) < 4.78 is 2.08. The number of thioether (sulfide) groups is 1. The Bertz CT molecular complexity index is 1050. The lowest BCUT2D eigenvalue weighted by Crippen LogP contribution is -2.29. The van der Waals surface area contributed by atoms with Gasteiger partial charge in [-0.1, -0.05) is 63.2 Å². The van der Waals surface area contributed by atoms with Gasteiger partial charge in [-0.2, -0.15) is 0 Å². The third kappa shape index (κ3) is 4.92. The second-order valence-corrected chi connectivity index (χ2v) is 9.11. The third-order valence-electron chi connectivity index (χ3n) is 4.96. The van der Waals surface area contributed by atoms with Crippen LogP contribution in [-0.2, 0) is 4.79 Å². The van der Waals surface area contributed by atoms with Gasteiger partial charge in [0.2, 0.25) is 0 Å². The Kier molecular flexibility index (Phi) is 7.66. The molecule has 0 bridgehead atoms. The topological polar surface area (TPSA) is 66.7 Å². The van der Waals surface area contributed by atoms with Crippen molar-refractivity contribution in [2.75, 3.05) is 18.4 Å². The normalized spacial score (nSPS) is 15.6. The van der Waals surface area contributed by atoms with Gasteiger partial charge in [-0.3, -0.25) is 18.9 Å². The van der Waals surface area contributed by atoms with Gasteiger partial charge in [-0.15, -0.1) is 0 Å². The third-order valence-corrected chi connectivity index (χ3v) is 6.34. The largest absolute Gasteiger partial charge is 0.369 e. The van der Waals surface area contributed by atoms with Gasteiger partial charge >= 0.3 is 0 Å². The summed E-state index contributed by atoms with van der Waals surface area (Å²) in [4.78, 5) is 32.9. The molecule has 1 aliphatic heterocycles. The molecular formula is C22H28N4O2S2. The van der Waals surface area contributed by atoms with Crippen LogP contribution < -0.4 is 10.9 Å². The molecule has 2 aromatic heterocycles. The zero-order valence-electron chi connectivity index (χ0n) is 17.7. The first-order valence-electron chi connectivity index (χ1n) is 10.5. The highest BCUT2D eigenvalue weighted by molar-refractivity contribution is 8.26. The lowest BCUT2D eigenvalue weighted by atomic mass is 10.2. The first-order valence-corrected chi connectivity index (χ1v) is 11.7. The number of amides is 1. The summed E-state index contributed by atoms with van der Waals surface area (Å²) in [6.07, 6.45) is 8.50. The van der Waals surface area contributed by atoms with Crippen LogP contribution in [0.3, 0.4) is 0 Å². The molecule has 0 saturated carbocycles. The number of aryl methyl sites for hydroxylation is 1. The van der Waals surface area contributed by atoms with E-state index in [4.69, 9.17) is 12.2 Å². The molecule has 0 radical (unpaired) electrons. The number of thiocarbonyl (C=S) groups is 1. The summed E-state index contributed by atoms with van der Waals surface area (Å²) in [5.41, 5.74) is 1.74. The Balaban J connectivity index is 2.03. The van der Waals surface area contributed by atoms with Crippen molar-refractivity contribution in [2.24, 2.45) is 0 Å². The molecule has 2 aromatic rings. The Hall–Kier alpha value is -2.19. The van der Waals surface area contributed by atoms with Crippen molar-refractivity contribution >= 4 is 51.7 Å². The molecule has 1 aliphatic rings. The van der Waals surface area contributed by atoms with Crippen molar-refractivity contribution in [1.29, 1.82) is 0 Å². The maximum Gasteiger partial charge on any atom is 0.267 e. The van der Waals surface area contributed by atoms with E-state index in [9.17, 15) is 9.59 Å². The smallest absolute Gasteiger partial charge is 0.267 e. The van der Waals surface area contributed by atoms with E-state index in [-0.39, 0.29) is 11.5 Å². The van der Waals surface area contributed by atoms with E-state index in [2.05, 4.69) is 24.1 Å². The van der Waals surface area contributed by atoms with Crippen molar-refractivity contribution in [3.63, 3.8) is 0 Å². The van der Waals surface area contributed by atoms with Gasteiger partial charge < -0.3 is 5.32 Å². The van der Waals surface area contributed by atoms with Crippen LogP contribution in [0.2, 0.25) is 0 Å². The minimum atomic E-state index is -0.194. The molecule has 1 N–H and O–H groups in total. The number of unbranched alkanes of at least 4 members (excludes halogenated alkanes) is 3. The summed E-state index contributed by atoms with van der Waals surface area (Å²) >= 11 is 6.65. The van der Waals surface area contributed by atoms with Gasteiger partial charge in [0, 0.05) is 19.3 Å². The number of rotatable bonds is 9. The molecule has 0 aromatic carbocycles. The van der Waals surface area contributed by atoms with Crippen molar-refractivity contribution in [3.8, 4) is 0 Å². The molecule has 1 fully saturated rings. The number of nitrogens with one attached hydrogen (secondary N) is 1. The van der Waals surface area contributed by atoms with E-state index in [1.807, 2.05) is 19.1 Å². The second-order valence-electron chi connectivity index (χ2n) is 7.43. The highest BCUT2D eigenvalue weighted by Crippen LogP contribution is 2.33. The average molecular weight is 445 g/mol. The molecule has 1 amide bonds. The quantitative estimate of drug-likeness (QED) is 0.346. The zero-order chi connectivity index (χ0) is 21.7. The van der Waals surface area contributed by atoms with E-state index >= 15 is 0 Å². The van der Waals surface area contributed by atoms with Crippen LogP contribution in [0.5, 0.6) is 0 Å². The summed E-state index contributed by atoms with van der Waals surface area (Å²) in [6, 6.07) is 3.77. The summed E-state index contributed by atoms with van der Waals surface area (Å²) in [5.74, 6) is 0.378. The van der Waals surface area contributed by atoms with Crippen LogP contribution in [0, 0.1) is 6.92 Å². The first kappa shape index (κ1) is 22.5. The van der Waals surface area contributed by atoms with Crippen LogP contribution in [0.1, 0.15) is 57.1 Å². The van der Waals surface area contributed by atoms with Crippen molar-refractivity contribution < 1.29 is 4.79 Å². The van der Waals surface area contributed by atoms with Crippen LogP contribution in [0.4, 0.5) is 5.82 Å². The molecule has 0 atom stereocenters. The van der Waals surface area contributed by atoms with E-state index in [0.717, 1.165) is 44.2 Å². The SMILES string of the molecule is CCCCCNc1nc2ccc(C)cn2c(=O)c1C=C1SC(=S)N(CCCC)C1=O. The van der Waals surface area contributed by atoms with E-state index in [0.29, 0.717) is 32.8 Å². The molecule has 3 heterocycles. The number of hydrogen-bond donors (Lipinski definition) is 1. The van der Waals surface area contributed by atoms with Crippen LogP contribution in [0.25, 0.3) is 11.7 Å². The number of carbonyl (C=O) groups is 1. The molecule has 1 saturated heterocycles. The maximum absolute atomic E-state index is 13.3. The molecule has 160 valence electrons. The Morgan fingerprint density at radius 2 is 1.93 bits per heavy atom. The number of pyridine rings is 1. The van der Waals surface area contributed by atoms with Crippen molar-refractivity contribution in [2.45, 2.75) is 52.9 Å². The van der Waals surface area contributed by atoms with Gasteiger partial charge in [0.05, 0.1) is 10.5 Å². The Labute approximate surface area is 186 Å². The molecule has 3 rings (SSSR count). The second kappa shape index (κ2) is 10.2. The monoisotopic (exact) mass is 444 g/mol. The summed E-state index contributed by atoms with van der Waals surface area (Å²) in [6.45, 7) is 7.49. The summed E-state index contributed by atoms with van der Waals surface area (Å²) in [7, 11) is 0. The van der Waals surface area contributed by atoms with Crippen LogP contribution in [-0.4, -0.2) is 37.6 Å². The number of nitrogens with zero attached hydrogens (tertiary/aromatic N) is 3. The Morgan fingerprint density at radius 1 is 1.17 bits per heavy atom. The molecule has 30 heavy (non-hydrogen) atoms. The minimum absolute atomic E-state index is 0.135. The van der Waals surface area contributed by atoms with Gasteiger partial charge in [-0.25, -0.2) is 4.98 Å². The molecule has 6 nitrogen and oxygen atoms in total. The fraction of sp³-hybridized carbons (Fsp3) is 0.455. The fourth-order valence-corrected chi connectivity index (χ4v) is 4.54. The lowest BCUT2D eigenvalue weighted by molar-refractivity contribution is -0.122. The molecule has 0 unspecified atom stereocenters. The number of anilines is 1. The van der Waals surface area contributed by atoms with E-state index < -0.39 is 0 Å². The van der Waals surface area contributed by atoms with Gasteiger partial charge in [0.25, 0.3) is 11.5 Å². The first-order chi connectivity index (χ1) is 14.5. The minimum Gasteiger partial charge on any atom is -0.369 e. The van der Waals surface area contributed by atoms with Crippen LogP contribution in [0.15, 0.2) is 28.0 Å². The van der Waals surface area contributed by atoms with E-state index in [1.54, 1.807) is 17.2 Å². The molecule has 0 aliphatic carbocycles. The van der Waals surface area contributed by atoms with Crippen molar-refractivity contribution in [3.05, 3.63) is 44.7 Å². The van der Waals surface area contributed by atoms with E-state index in [1.165, 1.54) is 16.2 Å². The standard InChI is InChI=1S/C22H28N4O2S2/c1-4-6-8-11-23-19-16(20(27)26-14-15(3)9-10-18(26)24-19)13-17-21(28)25(12-7-5-2)22(29)30-17/h9-10,13-14,23H,4-8,11-12H2,1-3H3. The maximum atomic E-state index is 13.3. The number of hydrogen-bond acceptors (Lipinski definition) is 6. The number of carbonyl (C=O) groups excluding carboxylic acids is 1. The highest BCUT2D eigenvalue weighted by atomic mass is 32.2. The van der Waals surface area contributed by atoms with Gasteiger partial charge in [-0.05, 0) is 37.5 Å². The van der Waals surface area contributed by atoms with Gasteiger partial charge in [0.1, 0.15) is 15.8 Å². The summed E-state index contributed by atoms with van der Waals surface area (Å²) in [5, 5.41) is 3.31. The zero-order valence-corrected chi connectivity index (χ0v) is 19.4. The predicted octanol–water partition coefficient (Wildman–Crippen LogP) is 4.61. The average Bonchev–Trinajstić information content (AvgIpc) is 2.99. The lowest BCUT2D eigenvalue weighted by Gasteiger charge is -2.13.